The van der Waals surface area contributed by atoms with Crippen LogP contribution in [-0.2, 0) is 16.0 Å². The number of hydrogen-bond donors (Lipinski definition) is 1. The summed E-state index contributed by atoms with van der Waals surface area (Å²) in [7, 11) is 0. The average Bonchev–Trinajstić information content (AvgIpc) is 2.56. The van der Waals surface area contributed by atoms with Gasteiger partial charge in [0.25, 0.3) is 0 Å². The summed E-state index contributed by atoms with van der Waals surface area (Å²) in [6, 6.07) is 15.8. The van der Waals surface area contributed by atoms with Gasteiger partial charge >= 0.3 is 0 Å². The summed E-state index contributed by atoms with van der Waals surface area (Å²) in [6.45, 7) is 3.39. The summed E-state index contributed by atoms with van der Waals surface area (Å²) in [6.07, 6.45) is 0.371. The molecule has 1 aliphatic heterocycles. The van der Waals surface area contributed by atoms with Crippen molar-refractivity contribution in [1.82, 2.24) is 0 Å². The second kappa shape index (κ2) is 7.62. The minimum absolute atomic E-state index is 0.0118. The minimum Gasteiger partial charge on any atom is -0.378 e. The molecule has 0 aromatic heterocycles. The third-order valence-corrected chi connectivity index (χ3v) is 4.28. The van der Waals surface area contributed by atoms with E-state index < -0.39 is 0 Å². The lowest BCUT2D eigenvalue weighted by Crippen LogP contribution is -2.36. The summed E-state index contributed by atoms with van der Waals surface area (Å²) in [4.78, 5) is 14.4. The van der Waals surface area contributed by atoms with Crippen LogP contribution in [-0.4, -0.2) is 32.2 Å². The van der Waals surface area contributed by atoms with Crippen molar-refractivity contribution in [2.24, 2.45) is 0 Å². The fourth-order valence-corrected chi connectivity index (χ4v) is 3.00. The molecule has 0 unspecified atom stereocenters. The molecule has 0 bridgehead atoms. The van der Waals surface area contributed by atoms with Crippen LogP contribution < -0.4 is 10.2 Å². The molecule has 0 radical (unpaired) electrons. The number of amides is 1. The minimum atomic E-state index is -0.0118. The van der Waals surface area contributed by atoms with Gasteiger partial charge in [0.1, 0.15) is 0 Å². The topological polar surface area (TPSA) is 41.6 Å². The molecule has 2 aromatic carbocycles. The zero-order valence-electron chi connectivity index (χ0n) is 12.8. The summed E-state index contributed by atoms with van der Waals surface area (Å²) in [5.41, 5.74) is 2.99. The van der Waals surface area contributed by atoms with Crippen LogP contribution in [0.25, 0.3) is 0 Å². The monoisotopic (exact) mass is 374 g/mol. The average molecular weight is 375 g/mol. The number of hydrogen-bond acceptors (Lipinski definition) is 3. The van der Waals surface area contributed by atoms with Crippen molar-refractivity contribution in [3.63, 3.8) is 0 Å². The highest BCUT2D eigenvalue weighted by molar-refractivity contribution is 9.10. The lowest BCUT2D eigenvalue weighted by molar-refractivity contribution is -0.115. The van der Waals surface area contributed by atoms with Crippen LogP contribution in [0.3, 0.4) is 0 Å². The molecule has 1 aliphatic rings. The van der Waals surface area contributed by atoms with E-state index in [0.717, 1.165) is 42.0 Å². The molecular formula is C18H19BrN2O2. The Morgan fingerprint density at radius 2 is 1.87 bits per heavy atom. The van der Waals surface area contributed by atoms with Crippen molar-refractivity contribution in [2.75, 3.05) is 36.5 Å². The Hall–Kier alpha value is -1.85. The maximum Gasteiger partial charge on any atom is 0.228 e. The number of carbonyl (C=O) groups excluding carboxylic acids is 1. The van der Waals surface area contributed by atoms with E-state index in [9.17, 15) is 4.79 Å². The molecule has 4 nitrogen and oxygen atoms in total. The molecule has 2 aromatic rings. The first-order valence-corrected chi connectivity index (χ1v) is 8.47. The van der Waals surface area contributed by atoms with Gasteiger partial charge in [-0.15, -0.1) is 0 Å². The van der Waals surface area contributed by atoms with Gasteiger partial charge in [0.05, 0.1) is 19.6 Å². The van der Waals surface area contributed by atoms with E-state index in [1.165, 1.54) is 5.69 Å². The van der Waals surface area contributed by atoms with Gasteiger partial charge in [-0.1, -0.05) is 34.1 Å². The van der Waals surface area contributed by atoms with Crippen molar-refractivity contribution in [3.8, 4) is 0 Å². The van der Waals surface area contributed by atoms with Crippen LogP contribution in [0, 0.1) is 0 Å². The van der Waals surface area contributed by atoms with Crippen LogP contribution in [0.1, 0.15) is 5.56 Å². The van der Waals surface area contributed by atoms with Crippen LogP contribution in [0.2, 0.25) is 0 Å². The zero-order valence-corrected chi connectivity index (χ0v) is 14.4. The third-order valence-electron chi connectivity index (χ3n) is 3.79. The van der Waals surface area contributed by atoms with Crippen LogP contribution in [0.15, 0.2) is 53.0 Å². The van der Waals surface area contributed by atoms with E-state index in [-0.39, 0.29) is 5.91 Å². The second-order valence-corrected chi connectivity index (χ2v) is 6.42. The fraction of sp³-hybridized carbons (Fsp3) is 0.278. The molecule has 0 saturated carbocycles. The molecule has 3 rings (SSSR count). The Labute approximate surface area is 144 Å². The van der Waals surface area contributed by atoms with Crippen LogP contribution in [0.5, 0.6) is 0 Å². The van der Waals surface area contributed by atoms with Crippen molar-refractivity contribution in [2.45, 2.75) is 6.42 Å². The van der Waals surface area contributed by atoms with Gasteiger partial charge in [-0.2, -0.15) is 0 Å². The Morgan fingerprint density at radius 1 is 1.13 bits per heavy atom. The molecule has 1 saturated heterocycles. The molecule has 1 N–H and O–H groups in total. The number of rotatable bonds is 4. The van der Waals surface area contributed by atoms with Gasteiger partial charge in [0.2, 0.25) is 5.91 Å². The first kappa shape index (κ1) is 16.0. The fourth-order valence-electron chi connectivity index (χ4n) is 2.60. The molecule has 120 valence electrons. The predicted octanol–water partition coefficient (Wildman–Crippen LogP) is 3.47. The summed E-state index contributed by atoms with van der Waals surface area (Å²) in [5.74, 6) is -0.0118. The Morgan fingerprint density at radius 3 is 2.57 bits per heavy atom. The maximum absolute atomic E-state index is 12.1. The number of anilines is 2. The first-order valence-electron chi connectivity index (χ1n) is 7.68. The van der Waals surface area contributed by atoms with Gasteiger partial charge in [-0.3, -0.25) is 4.79 Å². The lowest BCUT2D eigenvalue weighted by atomic mass is 10.1. The second-order valence-electron chi connectivity index (χ2n) is 5.50. The normalized spacial score (nSPS) is 14.6. The number of halogens is 1. The molecule has 1 heterocycles. The smallest absolute Gasteiger partial charge is 0.228 e. The van der Waals surface area contributed by atoms with E-state index in [1.54, 1.807) is 0 Å². The van der Waals surface area contributed by atoms with Crippen molar-refractivity contribution in [3.05, 3.63) is 58.6 Å². The maximum atomic E-state index is 12.1. The molecule has 5 heteroatoms. The van der Waals surface area contributed by atoms with E-state index in [2.05, 4.69) is 38.3 Å². The van der Waals surface area contributed by atoms with Gasteiger partial charge < -0.3 is 15.0 Å². The Bertz CT molecular complexity index is 667. The molecule has 23 heavy (non-hydrogen) atoms. The van der Waals surface area contributed by atoms with Gasteiger partial charge in [0.15, 0.2) is 0 Å². The zero-order chi connectivity index (χ0) is 16.1. The standard InChI is InChI=1S/C18H19BrN2O2/c19-15-2-1-3-16(13-15)20-18(22)12-14-4-6-17(7-5-14)21-8-10-23-11-9-21/h1-7,13H,8-12H2,(H,20,22). The van der Waals surface area contributed by atoms with Gasteiger partial charge in [-0.05, 0) is 35.9 Å². The third kappa shape index (κ3) is 4.56. The summed E-state index contributed by atoms with van der Waals surface area (Å²) in [5, 5.41) is 2.91. The number of ether oxygens (including phenoxy) is 1. The van der Waals surface area contributed by atoms with E-state index in [0.29, 0.717) is 6.42 Å². The molecule has 0 atom stereocenters. The van der Waals surface area contributed by atoms with Crippen molar-refractivity contribution >= 4 is 33.2 Å². The van der Waals surface area contributed by atoms with Gasteiger partial charge in [-0.25, -0.2) is 0 Å². The number of nitrogens with one attached hydrogen (secondary N) is 1. The Balaban J connectivity index is 1.58. The van der Waals surface area contributed by atoms with E-state index in [1.807, 2.05) is 36.4 Å². The van der Waals surface area contributed by atoms with Crippen LogP contribution >= 0.6 is 15.9 Å². The number of benzene rings is 2. The molecule has 0 spiro atoms. The molecule has 1 fully saturated rings. The van der Waals surface area contributed by atoms with E-state index in [4.69, 9.17) is 4.74 Å². The highest BCUT2D eigenvalue weighted by Crippen LogP contribution is 2.18. The number of carbonyl (C=O) groups is 1. The highest BCUT2D eigenvalue weighted by Gasteiger charge is 2.11. The molecule has 0 aliphatic carbocycles. The quantitative estimate of drug-likeness (QED) is 0.890. The van der Waals surface area contributed by atoms with Crippen molar-refractivity contribution in [1.29, 1.82) is 0 Å². The number of morpholine rings is 1. The first-order chi connectivity index (χ1) is 11.2. The predicted molar refractivity (Wildman–Crippen MR) is 95.9 cm³/mol. The summed E-state index contributed by atoms with van der Waals surface area (Å²) >= 11 is 3.40. The van der Waals surface area contributed by atoms with Gasteiger partial charge in [0, 0.05) is 28.9 Å². The largest absolute Gasteiger partial charge is 0.378 e. The molecular weight excluding hydrogens is 356 g/mol. The SMILES string of the molecule is O=C(Cc1ccc(N2CCOCC2)cc1)Nc1cccc(Br)c1. The van der Waals surface area contributed by atoms with Crippen LogP contribution in [0.4, 0.5) is 11.4 Å². The summed E-state index contributed by atoms with van der Waals surface area (Å²) < 4.78 is 6.31. The highest BCUT2D eigenvalue weighted by atomic mass is 79.9. The lowest BCUT2D eigenvalue weighted by Gasteiger charge is -2.28. The molecule has 1 amide bonds. The van der Waals surface area contributed by atoms with Crippen molar-refractivity contribution < 1.29 is 9.53 Å². The van der Waals surface area contributed by atoms with E-state index >= 15 is 0 Å². The Kier molecular flexibility index (Phi) is 5.31. The number of nitrogens with zero attached hydrogens (tertiary/aromatic N) is 1.